The number of amides is 1. The number of hydrogen-bond acceptors (Lipinski definition) is 3. The van der Waals surface area contributed by atoms with Gasteiger partial charge >= 0.3 is 0 Å². The molecule has 13 heavy (non-hydrogen) atoms. The Bertz CT molecular complexity index is 298. The minimum absolute atomic E-state index is 0.0419. The van der Waals surface area contributed by atoms with Crippen molar-refractivity contribution in [3.63, 3.8) is 0 Å². The molecule has 0 unspecified atom stereocenters. The van der Waals surface area contributed by atoms with E-state index in [1.54, 1.807) is 6.07 Å². The molecule has 0 atom stereocenters. The van der Waals surface area contributed by atoms with Gasteiger partial charge in [0.05, 0.1) is 4.88 Å². The van der Waals surface area contributed by atoms with Crippen molar-refractivity contribution in [2.45, 2.75) is 26.8 Å². The molecule has 0 bridgehead atoms. The van der Waals surface area contributed by atoms with Crippen molar-refractivity contribution in [2.75, 3.05) is 5.73 Å². The maximum Gasteiger partial charge on any atom is 0.261 e. The van der Waals surface area contributed by atoms with Gasteiger partial charge in [0.1, 0.15) is 0 Å². The molecule has 1 rings (SSSR count). The fourth-order valence-corrected chi connectivity index (χ4v) is 1.79. The molecule has 0 aliphatic carbocycles. The fraction of sp³-hybridized carbons (Fsp3) is 0.444. The predicted octanol–water partition coefficient (Wildman–Crippen LogP) is 1.78. The summed E-state index contributed by atoms with van der Waals surface area (Å²) < 4.78 is 0. The average molecular weight is 198 g/mol. The molecule has 1 aromatic heterocycles. The zero-order valence-electron chi connectivity index (χ0n) is 8.05. The number of hydrogen-bond donors (Lipinski definition) is 2. The van der Waals surface area contributed by atoms with Gasteiger partial charge in [0.15, 0.2) is 0 Å². The van der Waals surface area contributed by atoms with E-state index in [-0.39, 0.29) is 11.9 Å². The number of nitrogens with one attached hydrogen (secondary N) is 1. The molecule has 3 N–H and O–H groups in total. The van der Waals surface area contributed by atoms with Gasteiger partial charge in [-0.3, -0.25) is 4.79 Å². The molecule has 0 aromatic carbocycles. The monoisotopic (exact) mass is 198 g/mol. The van der Waals surface area contributed by atoms with Crippen LogP contribution in [0.5, 0.6) is 0 Å². The number of nitrogen functional groups attached to an aromatic ring is 1. The Morgan fingerprint density at radius 1 is 1.62 bits per heavy atom. The molecule has 1 amide bonds. The van der Waals surface area contributed by atoms with E-state index in [1.807, 2.05) is 20.8 Å². The minimum atomic E-state index is -0.0419. The summed E-state index contributed by atoms with van der Waals surface area (Å²) in [7, 11) is 0. The first-order chi connectivity index (χ1) is 6.00. The second kappa shape index (κ2) is 3.79. The van der Waals surface area contributed by atoms with Crippen molar-refractivity contribution >= 4 is 22.9 Å². The topological polar surface area (TPSA) is 55.1 Å². The SMILES string of the molecule is Cc1sc(C(=O)NC(C)C)cc1N. The van der Waals surface area contributed by atoms with E-state index in [1.165, 1.54) is 11.3 Å². The van der Waals surface area contributed by atoms with E-state index in [2.05, 4.69) is 5.32 Å². The number of anilines is 1. The smallest absolute Gasteiger partial charge is 0.261 e. The van der Waals surface area contributed by atoms with Crippen molar-refractivity contribution in [1.29, 1.82) is 0 Å². The number of rotatable bonds is 2. The molecule has 1 heterocycles. The average Bonchev–Trinajstić information content (AvgIpc) is 2.31. The van der Waals surface area contributed by atoms with Crippen LogP contribution >= 0.6 is 11.3 Å². The molecule has 0 aliphatic rings. The van der Waals surface area contributed by atoms with Crippen molar-refractivity contribution in [3.05, 3.63) is 15.8 Å². The molecule has 0 spiro atoms. The van der Waals surface area contributed by atoms with Crippen LogP contribution in [0.25, 0.3) is 0 Å². The van der Waals surface area contributed by atoms with Crippen LogP contribution in [-0.4, -0.2) is 11.9 Å². The molecule has 0 saturated carbocycles. The summed E-state index contributed by atoms with van der Waals surface area (Å²) in [5.41, 5.74) is 6.33. The predicted molar refractivity (Wildman–Crippen MR) is 56.1 cm³/mol. The first kappa shape index (κ1) is 10.1. The normalized spacial score (nSPS) is 10.5. The van der Waals surface area contributed by atoms with Crippen molar-refractivity contribution in [2.24, 2.45) is 0 Å². The summed E-state index contributed by atoms with van der Waals surface area (Å²) in [6, 6.07) is 1.88. The molecule has 4 heteroatoms. The maximum absolute atomic E-state index is 11.5. The van der Waals surface area contributed by atoms with Crippen LogP contribution in [0.1, 0.15) is 28.4 Å². The zero-order chi connectivity index (χ0) is 10.0. The van der Waals surface area contributed by atoms with Gasteiger partial charge in [-0.25, -0.2) is 0 Å². The van der Waals surface area contributed by atoms with E-state index in [0.29, 0.717) is 10.6 Å². The lowest BCUT2D eigenvalue weighted by Gasteiger charge is -2.05. The van der Waals surface area contributed by atoms with Crippen molar-refractivity contribution in [1.82, 2.24) is 5.32 Å². The number of nitrogens with two attached hydrogens (primary N) is 1. The zero-order valence-corrected chi connectivity index (χ0v) is 8.87. The van der Waals surface area contributed by atoms with E-state index in [0.717, 1.165) is 4.88 Å². The highest BCUT2D eigenvalue weighted by Gasteiger charge is 2.10. The first-order valence-corrected chi connectivity index (χ1v) is 4.99. The summed E-state index contributed by atoms with van der Waals surface area (Å²) in [6.45, 7) is 5.77. The molecule has 0 radical (unpaired) electrons. The van der Waals surface area contributed by atoms with Gasteiger partial charge in [0, 0.05) is 16.6 Å². The molecule has 0 aliphatic heterocycles. The highest BCUT2D eigenvalue weighted by atomic mass is 32.1. The molecule has 1 aromatic rings. The van der Waals surface area contributed by atoms with Crippen LogP contribution in [0.4, 0.5) is 5.69 Å². The molecular weight excluding hydrogens is 184 g/mol. The van der Waals surface area contributed by atoms with Gasteiger partial charge in [-0.2, -0.15) is 0 Å². The molecule has 0 saturated heterocycles. The lowest BCUT2D eigenvalue weighted by molar-refractivity contribution is 0.0947. The Labute approximate surface area is 81.9 Å². The Hall–Kier alpha value is -1.03. The third kappa shape index (κ3) is 2.45. The Morgan fingerprint density at radius 3 is 2.62 bits per heavy atom. The molecule has 0 fully saturated rings. The van der Waals surface area contributed by atoms with E-state index >= 15 is 0 Å². The highest BCUT2D eigenvalue weighted by Crippen LogP contribution is 2.23. The summed E-state index contributed by atoms with van der Waals surface area (Å²) in [6.07, 6.45) is 0. The largest absolute Gasteiger partial charge is 0.398 e. The maximum atomic E-state index is 11.5. The number of carbonyl (C=O) groups is 1. The van der Waals surface area contributed by atoms with Gasteiger partial charge in [-0.05, 0) is 26.8 Å². The van der Waals surface area contributed by atoms with Gasteiger partial charge in [0.25, 0.3) is 5.91 Å². The Balaban J connectivity index is 2.77. The minimum Gasteiger partial charge on any atom is -0.398 e. The van der Waals surface area contributed by atoms with Crippen LogP contribution in [0.2, 0.25) is 0 Å². The standard InChI is InChI=1S/C9H14N2OS/c1-5(2)11-9(12)8-4-7(10)6(3)13-8/h4-5H,10H2,1-3H3,(H,11,12). The number of aryl methyl sites for hydroxylation is 1. The number of carbonyl (C=O) groups excluding carboxylic acids is 1. The summed E-state index contributed by atoms with van der Waals surface area (Å²) >= 11 is 1.43. The summed E-state index contributed by atoms with van der Waals surface area (Å²) in [5, 5.41) is 2.82. The van der Waals surface area contributed by atoms with Crippen LogP contribution in [0.3, 0.4) is 0 Å². The highest BCUT2D eigenvalue weighted by molar-refractivity contribution is 7.14. The van der Waals surface area contributed by atoms with Gasteiger partial charge in [-0.15, -0.1) is 11.3 Å². The fourth-order valence-electron chi connectivity index (χ4n) is 0.941. The van der Waals surface area contributed by atoms with Crippen LogP contribution in [-0.2, 0) is 0 Å². The van der Waals surface area contributed by atoms with Crippen LogP contribution in [0, 0.1) is 6.92 Å². The van der Waals surface area contributed by atoms with E-state index in [9.17, 15) is 4.79 Å². The summed E-state index contributed by atoms with van der Waals surface area (Å²) in [4.78, 5) is 13.1. The van der Waals surface area contributed by atoms with Crippen molar-refractivity contribution in [3.8, 4) is 0 Å². The van der Waals surface area contributed by atoms with E-state index in [4.69, 9.17) is 5.73 Å². The van der Waals surface area contributed by atoms with Gasteiger partial charge in [0.2, 0.25) is 0 Å². The summed E-state index contributed by atoms with van der Waals surface area (Å²) in [5.74, 6) is -0.0419. The van der Waals surface area contributed by atoms with Crippen LogP contribution in [0.15, 0.2) is 6.07 Å². The quantitative estimate of drug-likeness (QED) is 0.761. The van der Waals surface area contributed by atoms with Gasteiger partial charge < -0.3 is 11.1 Å². The Kier molecular flexibility index (Phi) is 2.93. The second-order valence-electron chi connectivity index (χ2n) is 3.25. The van der Waals surface area contributed by atoms with Crippen LogP contribution < -0.4 is 11.1 Å². The molecule has 3 nitrogen and oxygen atoms in total. The first-order valence-electron chi connectivity index (χ1n) is 4.17. The number of thiophene rings is 1. The lowest BCUT2D eigenvalue weighted by Crippen LogP contribution is -2.29. The third-order valence-electron chi connectivity index (χ3n) is 1.60. The lowest BCUT2D eigenvalue weighted by atomic mass is 10.3. The Morgan fingerprint density at radius 2 is 2.23 bits per heavy atom. The van der Waals surface area contributed by atoms with Crippen molar-refractivity contribution < 1.29 is 4.79 Å². The van der Waals surface area contributed by atoms with E-state index < -0.39 is 0 Å². The van der Waals surface area contributed by atoms with Gasteiger partial charge in [-0.1, -0.05) is 0 Å². The third-order valence-corrected chi connectivity index (χ3v) is 2.66. The molecule has 72 valence electrons. The second-order valence-corrected chi connectivity index (χ2v) is 4.51. The molecular formula is C9H14N2OS.